The third kappa shape index (κ3) is 4.41. The molecule has 1 amide bonds. The van der Waals surface area contributed by atoms with Gasteiger partial charge in [-0.05, 0) is 60.9 Å². The van der Waals surface area contributed by atoms with Crippen molar-refractivity contribution < 1.29 is 14.4 Å². The predicted octanol–water partition coefficient (Wildman–Crippen LogP) is 6.03. The normalized spacial score (nSPS) is 13.9. The summed E-state index contributed by atoms with van der Waals surface area (Å²) in [6.07, 6.45) is 4.74. The van der Waals surface area contributed by atoms with Crippen molar-refractivity contribution in [3.63, 3.8) is 0 Å². The molecule has 0 radical (unpaired) electrons. The zero-order chi connectivity index (χ0) is 23.5. The van der Waals surface area contributed by atoms with Crippen LogP contribution in [0.1, 0.15) is 47.6 Å². The minimum Gasteiger partial charge on any atom is -0.489 e. The van der Waals surface area contributed by atoms with E-state index in [1.165, 1.54) is 25.0 Å². The Morgan fingerprint density at radius 1 is 1.03 bits per heavy atom. The van der Waals surface area contributed by atoms with Gasteiger partial charge in [-0.2, -0.15) is 0 Å². The van der Waals surface area contributed by atoms with Crippen molar-refractivity contribution in [3.05, 3.63) is 83.9 Å². The predicted molar refractivity (Wildman–Crippen MR) is 133 cm³/mol. The highest BCUT2D eigenvalue weighted by atomic mass is 16.7. The minimum atomic E-state index is -0.193. The van der Waals surface area contributed by atoms with Gasteiger partial charge < -0.3 is 9.30 Å². The molecule has 3 aromatic carbocycles. The van der Waals surface area contributed by atoms with E-state index in [2.05, 4.69) is 28.8 Å². The highest BCUT2D eigenvalue weighted by Gasteiger charge is 2.24. The third-order valence-corrected chi connectivity index (χ3v) is 6.55. The summed E-state index contributed by atoms with van der Waals surface area (Å²) in [5, 5.41) is 1.23. The molecule has 34 heavy (non-hydrogen) atoms. The molecule has 6 heteroatoms. The lowest BCUT2D eigenvalue weighted by molar-refractivity contribution is -0.0756. The van der Waals surface area contributed by atoms with Crippen molar-refractivity contribution in [1.29, 1.82) is 0 Å². The van der Waals surface area contributed by atoms with E-state index < -0.39 is 0 Å². The van der Waals surface area contributed by atoms with Crippen molar-refractivity contribution in [3.8, 4) is 17.1 Å². The van der Waals surface area contributed by atoms with Gasteiger partial charge in [0.2, 0.25) is 0 Å². The summed E-state index contributed by atoms with van der Waals surface area (Å²) in [6, 6.07) is 24.4. The van der Waals surface area contributed by atoms with Gasteiger partial charge in [0, 0.05) is 24.2 Å². The molecule has 0 N–H and O–H groups in total. The molecule has 0 unspecified atom stereocenters. The summed E-state index contributed by atoms with van der Waals surface area (Å²) in [6.45, 7) is 0.535. The number of hydroxylamine groups is 2. The molecule has 1 saturated carbocycles. The Morgan fingerprint density at radius 2 is 1.76 bits per heavy atom. The minimum absolute atomic E-state index is 0.193. The molecule has 0 bridgehead atoms. The number of fused-ring (bicyclic) bond motifs is 1. The van der Waals surface area contributed by atoms with Gasteiger partial charge in [-0.1, -0.05) is 43.2 Å². The maximum atomic E-state index is 12.6. The van der Waals surface area contributed by atoms with Gasteiger partial charge in [-0.15, -0.1) is 0 Å². The van der Waals surface area contributed by atoms with Gasteiger partial charge in [-0.3, -0.25) is 9.63 Å². The molecule has 0 spiro atoms. The summed E-state index contributed by atoms with van der Waals surface area (Å²) in [4.78, 5) is 22.6. The van der Waals surface area contributed by atoms with Crippen LogP contribution in [0.4, 0.5) is 0 Å². The molecule has 6 nitrogen and oxygen atoms in total. The van der Waals surface area contributed by atoms with Crippen LogP contribution in [0.2, 0.25) is 0 Å². The smallest absolute Gasteiger partial charge is 0.277 e. The van der Waals surface area contributed by atoms with E-state index in [0.29, 0.717) is 18.2 Å². The summed E-state index contributed by atoms with van der Waals surface area (Å²) in [7, 11) is 3.09. The molecule has 1 fully saturated rings. The topological polar surface area (TPSA) is 56.6 Å². The van der Waals surface area contributed by atoms with Crippen molar-refractivity contribution in [1.82, 2.24) is 14.6 Å². The van der Waals surface area contributed by atoms with Crippen molar-refractivity contribution >= 4 is 16.9 Å². The van der Waals surface area contributed by atoms with Crippen molar-refractivity contribution in [2.24, 2.45) is 0 Å². The van der Waals surface area contributed by atoms with Gasteiger partial charge in [0.25, 0.3) is 5.91 Å². The average molecular weight is 456 g/mol. The number of nitrogens with zero attached hydrogens (tertiary/aromatic N) is 3. The van der Waals surface area contributed by atoms with E-state index in [9.17, 15) is 4.79 Å². The van der Waals surface area contributed by atoms with Crippen LogP contribution in [0.25, 0.3) is 22.4 Å². The lowest BCUT2D eigenvalue weighted by atomic mass is 10.1. The van der Waals surface area contributed by atoms with Gasteiger partial charge >= 0.3 is 0 Å². The van der Waals surface area contributed by atoms with E-state index in [1.54, 1.807) is 7.05 Å². The summed E-state index contributed by atoms with van der Waals surface area (Å²) < 4.78 is 8.32. The Morgan fingerprint density at radius 3 is 2.47 bits per heavy atom. The van der Waals surface area contributed by atoms with E-state index in [1.807, 2.05) is 48.5 Å². The molecule has 0 aliphatic heterocycles. The van der Waals surface area contributed by atoms with Crippen LogP contribution in [0.3, 0.4) is 0 Å². The second-order valence-electron chi connectivity index (χ2n) is 8.73. The molecule has 5 rings (SSSR count). The van der Waals surface area contributed by atoms with E-state index in [4.69, 9.17) is 14.6 Å². The number of hydrogen-bond acceptors (Lipinski definition) is 4. The molecular weight excluding hydrogens is 426 g/mol. The molecule has 0 atom stereocenters. The molecule has 1 aliphatic carbocycles. The molecule has 174 valence electrons. The number of ether oxygens (including phenoxy) is 1. The zero-order valence-electron chi connectivity index (χ0n) is 19.6. The Bertz CT molecular complexity index is 1280. The van der Waals surface area contributed by atoms with Gasteiger partial charge in [0.15, 0.2) is 0 Å². The molecular formula is C28H29N3O3. The molecule has 1 aliphatic rings. The first kappa shape index (κ1) is 22.2. The summed E-state index contributed by atoms with van der Waals surface area (Å²) in [5.41, 5.74) is 4.62. The van der Waals surface area contributed by atoms with Crippen LogP contribution in [-0.2, 0) is 11.4 Å². The van der Waals surface area contributed by atoms with Gasteiger partial charge in [-0.25, -0.2) is 10.0 Å². The van der Waals surface area contributed by atoms with Crippen LogP contribution in [0.5, 0.6) is 5.75 Å². The number of imidazole rings is 1. The molecule has 1 aromatic heterocycles. The Hall–Kier alpha value is -3.64. The number of amides is 1. The first-order valence-electron chi connectivity index (χ1n) is 11.8. The Kier molecular flexibility index (Phi) is 6.32. The molecule has 0 saturated heterocycles. The maximum Gasteiger partial charge on any atom is 0.277 e. The molecule has 1 heterocycles. The lowest BCUT2D eigenvalue weighted by Gasteiger charge is -2.17. The van der Waals surface area contributed by atoms with Crippen molar-refractivity contribution in [2.75, 3.05) is 14.2 Å². The summed E-state index contributed by atoms with van der Waals surface area (Å²) >= 11 is 0. The zero-order valence-corrected chi connectivity index (χ0v) is 19.6. The number of benzene rings is 3. The second kappa shape index (κ2) is 9.69. The van der Waals surface area contributed by atoms with Crippen LogP contribution < -0.4 is 4.74 Å². The lowest BCUT2D eigenvalue weighted by Crippen LogP contribution is -2.25. The SMILES string of the molecule is CON(C)C(=O)c1ccc2c(c1)nc(-c1ccc(OCc3ccccc3)cc1)n2C1CCCC1. The van der Waals surface area contributed by atoms with Crippen LogP contribution in [0.15, 0.2) is 72.8 Å². The maximum absolute atomic E-state index is 12.6. The number of aromatic nitrogens is 2. The summed E-state index contributed by atoms with van der Waals surface area (Å²) in [5.74, 6) is 1.56. The van der Waals surface area contributed by atoms with Gasteiger partial charge in [0.05, 0.1) is 18.1 Å². The first-order valence-corrected chi connectivity index (χ1v) is 11.8. The van der Waals surface area contributed by atoms with E-state index in [0.717, 1.165) is 46.6 Å². The highest BCUT2D eigenvalue weighted by molar-refractivity contribution is 5.97. The number of rotatable bonds is 7. The average Bonchev–Trinajstić information content (AvgIpc) is 3.55. The second-order valence-corrected chi connectivity index (χ2v) is 8.73. The quantitative estimate of drug-likeness (QED) is 0.319. The number of carbonyl (C=O) groups excluding carboxylic acids is 1. The number of carbonyl (C=O) groups is 1. The highest BCUT2D eigenvalue weighted by Crippen LogP contribution is 2.37. The monoisotopic (exact) mass is 455 g/mol. The Balaban J connectivity index is 1.47. The Labute approximate surface area is 199 Å². The van der Waals surface area contributed by atoms with E-state index in [-0.39, 0.29) is 5.91 Å². The fourth-order valence-electron chi connectivity index (χ4n) is 4.67. The fraction of sp³-hybridized carbons (Fsp3) is 0.286. The van der Waals surface area contributed by atoms with Crippen molar-refractivity contribution in [2.45, 2.75) is 38.3 Å². The van der Waals surface area contributed by atoms with E-state index >= 15 is 0 Å². The van der Waals surface area contributed by atoms with Gasteiger partial charge in [0.1, 0.15) is 18.2 Å². The number of hydrogen-bond donors (Lipinski definition) is 0. The van der Waals surface area contributed by atoms with Crippen LogP contribution in [0, 0.1) is 0 Å². The third-order valence-electron chi connectivity index (χ3n) is 6.55. The molecule has 4 aromatic rings. The van der Waals surface area contributed by atoms with Crippen LogP contribution in [-0.4, -0.2) is 34.7 Å². The standard InChI is InChI=1S/C28H29N3O3/c1-30(33-2)28(32)22-14-17-26-25(18-22)29-27(31(26)23-10-6-7-11-23)21-12-15-24(16-13-21)34-19-20-8-4-3-5-9-20/h3-5,8-9,12-18,23H,6-7,10-11,19H2,1-2H3. The first-order chi connectivity index (χ1) is 16.6. The fourth-order valence-corrected chi connectivity index (χ4v) is 4.67. The van der Waals surface area contributed by atoms with Crippen LogP contribution >= 0.6 is 0 Å². The largest absolute Gasteiger partial charge is 0.489 e.